The van der Waals surface area contributed by atoms with Crippen LogP contribution in [0.15, 0.2) is 36.5 Å². The first-order valence-electron chi connectivity index (χ1n) is 8.00. The van der Waals surface area contributed by atoms with Gasteiger partial charge in [0.1, 0.15) is 11.7 Å². The number of hydrogen-bond acceptors (Lipinski definition) is 7. The van der Waals surface area contributed by atoms with Gasteiger partial charge in [-0.2, -0.15) is 14.8 Å². The summed E-state index contributed by atoms with van der Waals surface area (Å²) < 4.78 is 10.8. The zero-order chi connectivity index (χ0) is 19.1. The number of carbonyl (C=O) groups excluding carboxylic acids is 3. The lowest BCUT2D eigenvalue weighted by molar-refractivity contribution is -0.146. The van der Waals surface area contributed by atoms with Gasteiger partial charge >= 0.3 is 18.0 Å². The number of amides is 3. The molecule has 0 radical (unpaired) electrons. The van der Waals surface area contributed by atoms with E-state index >= 15 is 0 Å². The largest absolute Gasteiger partial charge is 0.467 e. The zero-order valence-corrected chi connectivity index (χ0v) is 15.0. The first-order chi connectivity index (χ1) is 13.0. The molecule has 1 aromatic carbocycles. The summed E-state index contributed by atoms with van der Waals surface area (Å²) >= 11 is 3.72. The molecule has 1 fully saturated rings. The average molecular weight is 389 g/mol. The van der Waals surface area contributed by atoms with Gasteiger partial charge in [-0.1, -0.05) is 18.2 Å². The minimum Gasteiger partial charge on any atom is -0.467 e. The molecule has 2 atom stereocenters. The molecule has 11 heteroatoms. The van der Waals surface area contributed by atoms with Crippen molar-refractivity contribution in [1.82, 2.24) is 19.7 Å². The third kappa shape index (κ3) is 2.71. The van der Waals surface area contributed by atoms with Crippen LogP contribution in [0.5, 0.6) is 0 Å². The summed E-state index contributed by atoms with van der Waals surface area (Å²) in [6.45, 7) is 0.193. The molecule has 10 nitrogen and oxygen atoms in total. The number of fused-ring (bicyclic) bond motifs is 4. The van der Waals surface area contributed by atoms with Crippen LogP contribution in [-0.4, -0.2) is 51.4 Å². The number of anilines is 1. The minimum atomic E-state index is -1.06. The van der Waals surface area contributed by atoms with E-state index in [4.69, 9.17) is 9.02 Å². The molecule has 3 amide bonds. The van der Waals surface area contributed by atoms with Crippen molar-refractivity contribution in [3.05, 3.63) is 47.8 Å². The summed E-state index contributed by atoms with van der Waals surface area (Å²) in [6.07, 6.45) is 1.48. The number of aromatic nitrogens is 2. The highest BCUT2D eigenvalue weighted by Gasteiger charge is 2.53. The second-order valence-corrected chi connectivity index (χ2v) is 6.16. The number of nitrogens with zero attached hydrogens (tertiary/aromatic N) is 4. The van der Waals surface area contributed by atoms with E-state index in [2.05, 4.69) is 23.3 Å². The van der Waals surface area contributed by atoms with Gasteiger partial charge in [0.15, 0.2) is 6.04 Å². The Kier molecular flexibility index (Phi) is 4.24. The Labute approximate surface area is 159 Å². The molecule has 3 heterocycles. The maximum absolute atomic E-state index is 12.5. The van der Waals surface area contributed by atoms with Crippen molar-refractivity contribution in [2.24, 2.45) is 0 Å². The summed E-state index contributed by atoms with van der Waals surface area (Å²) in [7, 11) is 1.22. The monoisotopic (exact) mass is 389 g/mol. The van der Waals surface area contributed by atoms with Crippen molar-refractivity contribution >= 4 is 36.6 Å². The predicted molar refractivity (Wildman–Crippen MR) is 94.6 cm³/mol. The van der Waals surface area contributed by atoms with Crippen LogP contribution in [0.4, 0.5) is 15.3 Å². The standard InChI is InChI=1S/C16H15N5O5S/c1-25-14(22)13-12-10(11-8-19(13)16(24)21(11)26-27)7-20(18-12)15(23)17-9-5-3-2-4-6-9/h2-7,11,13,27H,8H2,1H3,(H,17,23). The molecule has 2 unspecified atom stereocenters. The molecular weight excluding hydrogens is 374 g/mol. The molecule has 2 aromatic rings. The average Bonchev–Trinajstić information content (AvgIpc) is 3.24. The number of ether oxygens (including phenoxy) is 1. The zero-order valence-electron chi connectivity index (χ0n) is 14.1. The van der Waals surface area contributed by atoms with Gasteiger partial charge in [-0.15, -0.1) is 0 Å². The lowest BCUT2D eigenvalue weighted by atomic mass is 9.98. The minimum absolute atomic E-state index is 0.193. The number of esters is 1. The molecule has 140 valence electrons. The van der Waals surface area contributed by atoms with Crippen LogP contribution in [0, 0.1) is 0 Å². The van der Waals surface area contributed by atoms with Gasteiger partial charge in [0.2, 0.25) is 0 Å². The predicted octanol–water partition coefficient (Wildman–Crippen LogP) is 1.75. The fraction of sp³-hybridized carbons (Fsp3) is 0.250. The first-order valence-corrected chi connectivity index (χ1v) is 8.36. The topological polar surface area (TPSA) is 106 Å². The Balaban J connectivity index is 1.71. The first kappa shape index (κ1) is 17.4. The Bertz CT molecular complexity index is 917. The Morgan fingerprint density at radius 3 is 2.70 bits per heavy atom. The van der Waals surface area contributed by atoms with Crippen molar-refractivity contribution in [1.29, 1.82) is 0 Å². The van der Waals surface area contributed by atoms with Gasteiger partial charge in [-0.3, -0.25) is 0 Å². The van der Waals surface area contributed by atoms with E-state index in [9.17, 15) is 14.4 Å². The number of methoxy groups -OCH3 is 1. The van der Waals surface area contributed by atoms with Gasteiger partial charge in [0.05, 0.1) is 13.7 Å². The summed E-state index contributed by atoms with van der Waals surface area (Å²) in [4.78, 5) is 38.5. The van der Waals surface area contributed by atoms with Crippen LogP contribution in [0.25, 0.3) is 0 Å². The highest BCUT2D eigenvalue weighted by atomic mass is 32.1. The van der Waals surface area contributed by atoms with E-state index in [0.29, 0.717) is 11.3 Å². The van der Waals surface area contributed by atoms with Crippen LogP contribution < -0.4 is 5.32 Å². The van der Waals surface area contributed by atoms with E-state index < -0.39 is 30.1 Å². The van der Waals surface area contributed by atoms with Crippen LogP contribution in [0.2, 0.25) is 0 Å². The number of nitrogens with one attached hydrogen (secondary N) is 1. The van der Waals surface area contributed by atoms with E-state index in [-0.39, 0.29) is 12.2 Å². The lowest BCUT2D eigenvalue weighted by Gasteiger charge is -2.27. The molecular formula is C16H15N5O5S. The van der Waals surface area contributed by atoms with Crippen molar-refractivity contribution < 1.29 is 23.4 Å². The molecule has 27 heavy (non-hydrogen) atoms. The van der Waals surface area contributed by atoms with E-state index in [1.54, 1.807) is 24.3 Å². The Hall–Kier alpha value is -3.05. The highest BCUT2D eigenvalue weighted by Crippen LogP contribution is 2.43. The molecule has 0 saturated carbocycles. The number of urea groups is 1. The molecule has 1 saturated heterocycles. The number of para-hydroxylation sites is 1. The Morgan fingerprint density at radius 2 is 2.04 bits per heavy atom. The molecule has 4 rings (SSSR count). The normalized spacial score (nSPS) is 20.4. The third-order valence-electron chi connectivity index (χ3n) is 4.53. The molecule has 1 N–H and O–H groups in total. The number of carbonyl (C=O) groups is 3. The molecule has 2 aliphatic rings. The van der Waals surface area contributed by atoms with Gasteiger partial charge in [-0.05, 0) is 12.1 Å². The second-order valence-electron chi connectivity index (χ2n) is 5.99. The van der Waals surface area contributed by atoms with Crippen molar-refractivity contribution in [3.8, 4) is 0 Å². The molecule has 2 bridgehead atoms. The summed E-state index contributed by atoms with van der Waals surface area (Å²) in [5.41, 5.74) is 1.38. The highest BCUT2D eigenvalue weighted by molar-refractivity contribution is 7.75. The quantitative estimate of drug-likeness (QED) is 0.471. The number of rotatable bonds is 3. The van der Waals surface area contributed by atoms with Crippen LogP contribution in [-0.2, 0) is 13.8 Å². The fourth-order valence-electron chi connectivity index (χ4n) is 3.31. The van der Waals surface area contributed by atoms with Gasteiger partial charge in [-0.25, -0.2) is 18.7 Å². The lowest BCUT2D eigenvalue weighted by Crippen LogP contribution is -2.39. The number of hydroxylamine groups is 2. The van der Waals surface area contributed by atoms with Crippen LogP contribution in [0.1, 0.15) is 23.3 Å². The Morgan fingerprint density at radius 1 is 1.30 bits per heavy atom. The maximum atomic E-state index is 12.5. The van der Waals surface area contributed by atoms with Crippen molar-refractivity contribution in [3.63, 3.8) is 0 Å². The van der Waals surface area contributed by atoms with Crippen molar-refractivity contribution in [2.75, 3.05) is 19.0 Å². The summed E-state index contributed by atoms with van der Waals surface area (Å²) in [5, 5.41) is 7.99. The maximum Gasteiger partial charge on any atom is 0.346 e. The van der Waals surface area contributed by atoms with Crippen LogP contribution >= 0.6 is 12.9 Å². The smallest absolute Gasteiger partial charge is 0.346 e. The summed E-state index contributed by atoms with van der Waals surface area (Å²) in [5.74, 6) is -0.655. The number of benzene rings is 1. The van der Waals surface area contributed by atoms with Gasteiger partial charge in [0.25, 0.3) is 0 Å². The van der Waals surface area contributed by atoms with Gasteiger partial charge < -0.3 is 15.0 Å². The molecule has 1 aromatic heterocycles. The molecule has 2 aliphatic heterocycles. The summed E-state index contributed by atoms with van der Waals surface area (Å²) in [6, 6.07) is 6.25. The molecule has 0 spiro atoms. The van der Waals surface area contributed by atoms with E-state index in [1.165, 1.54) is 18.2 Å². The van der Waals surface area contributed by atoms with Crippen LogP contribution in [0.3, 0.4) is 0 Å². The SMILES string of the molecule is COC(=O)C1c2nn(C(=O)Nc3ccccc3)cc2C2CN1C(=O)N2OS. The van der Waals surface area contributed by atoms with E-state index in [0.717, 1.165) is 9.75 Å². The number of hydrogen-bond donors (Lipinski definition) is 2. The van der Waals surface area contributed by atoms with Gasteiger partial charge in [0, 0.05) is 30.4 Å². The molecule has 0 aliphatic carbocycles. The second kappa shape index (κ2) is 6.59. The number of thiol groups is 1. The fourth-order valence-corrected chi connectivity index (χ4v) is 3.49. The van der Waals surface area contributed by atoms with E-state index in [1.807, 2.05) is 6.07 Å². The third-order valence-corrected chi connectivity index (χ3v) is 4.71. The van der Waals surface area contributed by atoms with Crippen molar-refractivity contribution in [2.45, 2.75) is 12.1 Å².